The Kier molecular flexibility index (Phi) is 5.45. The molecule has 0 spiro atoms. The van der Waals surface area contributed by atoms with Crippen LogP contribution in [0.5, 0.6) is 0 Å². The lowest BCUT2D eigenvalue weighted by atomic mass is 10.2. The van der Waals surface area contributed by atoms with Crippen molar-refractivity contribution in [1.82, 2.24) is 14.5 Å². The highest BCUT2D eigenvalue weighted by Crippen LogP contribution is 2.31. The summed E-state index contributed by atoms with van der Waals surface area (Å²) < 4.78 is 41.4. The van der Waals surface area contributed by atoms with E-state index in [2.05, 4.69) is 15.3 Å². The SMILES string of the molecule is O=C(Nc1ccc(N2CC(O)C2)nc1)c1cc2cnc(C(F)(F)F)cc2n1Cc1ccccc1. The molecule has 1 aromatic carbocycles. The zero-order chi connectivity index (χ0) is 23.9. The summed E-state index contributed by atoms with van der Waals surface area (Å²) in [6, 6.07) is 15.1. The minimum absolute atomic E-state index is 0.204. The molecular formula is C24H20F3N5O2. The van der Waals surface area contributed by atoms with Gasteiger partial charge in [0.25, 0.3) is 5.91 Å². The van der Waals surface area contributed by atoms with Gasteiger partial charge < -0.3 is 19.9 Å². The Balaban J connectivity index is 1.47. The lowest BCUT2D eigenvalue weighted by Crippen LogP contribution is -2.51. The number of β-amino-alcohol motifs (C(OH)–C–C–N with tert-alkyl or cyclic N) is 1. The molecule has 0 atom stereocenters. The highest BCUT2D eigenvalue weighted by atomic mass is 19.4. The van der Waals surface area contributed by atoms with E-state index >= 15 is 0 Å². The minimum atomic E-state index is -4.60. The second kappa shape index (κ2) is 8.45. The van der Waals surface area contributed by atoms with E-state index in [-0.39, 0.29) is 23.9 Å². The van der Waals surface area contributed by atoms with Crippen LogP contribution in [0.1, 0.15) is 21.7 Å². The molecule has 7 nitrogen and oxygen atoms in total. The summed E-state index contributed by atoms with van der Waals surface area (Å²) in [7, 11) is 0. The molecule has 0 radical (unpaired) electrons. The van der Waals surface area contributed by atoms with Crippen molar-refractivity contribution in [2.45, 2.75) is 18.8 Å². The first-order valence-electron chi connectivity index (χ1n) is 10.6. The molecule has 1 aliphatic heterocycles. The summed E-state index contributed by atoms with van der Waals surface area (Å²) in [5.74, 6) is 0.210. The molecule has 0 unspecified atom stereocenters. The van der Waals surface area contributed by atoms with E-state index in [9.17, 15) is 23.1 Å². The number of pyridine rings is 2. The zero-order valence-corrected chi connectivity index (χ0v) is 17.8. The number of rotatable bonds is 5. The number of benzene rings is 1. The molecule has 1 amide bonds. The number of amides is 1. The molecule has 2 N–H and O–H groups in total. The van der Waals surface area contributed by atoms with Crippen molar-refractivity contribution >= 4 is 28.3 Å². The van der Waals surface area contributed by atoms with Gasteiger partial charge in [-0.3, -0.25) is 9.78 Å². The van der Waals surface area contributed by atoms with Crippen molar-refractivity contribution in [3.8, 4) is 0 Å². The molecule has 3 aromatic heterocycles. The number of nitrogens with zero attached hydrogens (tertiary/aromatic N) is 4. The van der Waals surface area contributed by atoms with E-state index in [1.165, 1.54) is 12.3 Å². The van der Waals surface area contributed by atoms with Crippen molar-refractivity contribution in [2.75, 3.05) is 23.3 Å². The Hall–Kier alpha value is -3.92. The largest absolute Gasteiger partial charge is 0.433 e. The van der Waals surface area contributed by atoms with Crippen LogP contribution in [0.4, 0.5) is 24.7 Å². The van der Waals surface area contributed by atoms with Gasteiger partial charge >= 0.3 is 6.18 Å². The third kappa shape index (κ3) is 4.32. The fourth-order valence-electron chi connectivity index (χ4n) is 3.92. The topological polar surface area (TPSA) is 83.3 Å². The normalized spacial score (nSPS) is 14.3. The van der Waals surface area contributed by atoms with Gasteiger partial charge in [0.15, 0.2) is 0 Å². The quantitative estimate of drug-likeness (QED) is 0.465. The number of carbonyl (C=O) groups is 1. The standard InChI is InChI=1S/C24H20F3N5O2/c25-24(26,27)21-9-19-16(10-28-21)8-20(32(19)12-15-4-2-1-3-5-15)23(34)30-17-6-7-22(29-11-17)31-13-18(33)14-31/h1-11,18,33H,12-14H2,(H,30,34). The summed E-state index contributed by atoms with van der Waals surface area (Å²) in [4.78, 5) is 22.9. The van der Waals surface area contributed by atoms with Crippen LogP contribution < -0.4 is 10.2 Å². The number of halogens is 3. The number of anilines is 2. The number of fused-ring (bicyclic) bond motifs is 1. The first-order chi connectivity index (χ1) is 16.3. The number of nitrogens with one attached hydrogen (secondary N) is 1. The van der Waals surface area contributed by atoms with E-state index in [0.29, 0.717) is 30.0 Å². The van der Waals surface area contributed by atoms with Crippen LogP contribution in [-0.2, 0) is 12.7 Å². The highest BCUT2D eigenvalue weighted by molar-refractivity contribution is 6.06. The van der Waals surface area contributed by atoms with Crippen LogP contribution in [0, 0.1) is 0 Å². The predicted octanol–water partition coefficient (Wildman–Crippen LogP) is 3.93. The minimum Gasteiger partial charge on any atom is -0.389 e. The Morgan fingerprint density at radius 2 is 1.82 bits per heavy atom. The third-order valence-electron chi connectivity index (χ3n) is 5.68. The Bertz CT molecular complexity index is 1330. The molecule has 5 rings (SSSR count). The predicted molar refractivity (Wildman–Crippen MR) is 121 cm³/mol. The van der Waals surface area contributed by atoms with Crippen molar-refractivity contribution in [3.63, 3.8) is 0 Å². The lowest BCUT2D eigenvalue weighted by Gasteiger charge is -2.36. The maximum Gasteiger partial charge on any atom is 0.433 e. The zero-order valence-electron chi connectivity index (χ0n) is 17.8. The van der Waals surface area contributed by atoms with Gasteiger partial charge in [-0.2, -0.15) is 13.2 Å². The lowest BCUT2D eigenvalue weighted by molar-refractivity contribution is -0.141. The average molecular weight is 467 g/mol. The number of aromatic nitrogens is 3. The summed E-state index contributed by atoms with van der Waals surface area (Å²) in [6.45, 7) is 1.22. The van der Waals surface area contributed by atoms with Gasteiger partial charge in [0.1, 0.15) is 17.2 Å². The van der Waals surface area contributed by atoms with Crippen LogP contribution >= 0.6 is 0 Å². The number of alkyl halides is 3. The van der Waals surface area contributed by atoms with Crippen LogP contribution in [-0.4, -0.2) is 44.7 Å². The number of carbonyl (C=O) groups excluding carboxylic acids is 1. The van der Waals surface area contributed by atoms with Crippen LogP contribution in [0.2, 0.25) is 0 Å². The molecule has 4 aromatic rings. The summed E-state index contributed by atoms with van der Waals surface area (Å²) >= 11 is 0. The number of aliphatic hydroxyl groups excluding tert-OH is 1. The molecule has 1 aliphatic rings. The van der Waals surface area contributed by atoms with E-state index in [1.807, 2.05) is 35.2 Å². The first kappa shape index (κ1) is 21.9. The van der Waals surface area contributed by atoms with Gasteiger partial charge in [0.2, 0.25) is 0 Å². The van der Waals surface area contributed by atoms with Crippen LogP contribution in [0.25, 0.3) is 10.9 Å². The van der Waals surface area contributed by atoms with Crippen molar-refractivity contribution in [3.05, 3.63) is 83.9 Å². The fourth-order valence-corrected chi connectivity index (χ4v) is 3.92. The Labute approximate surface area is 192 Å². The summed E-state index contributed by atoms with van der Waals surface area (Å²) in [5, 5.41) is 12.6. The van der Waals surface area contributed by atoms with E-state index in [4.69, 9.17) is 0 Å². The third-order valence-corrected chi connectivity index (χ3v) is 5.68. The van der Waals surface area contributed by atoms with Gasteiger partial charge in [0.05, 0.1) is 23.5 Å². The first-order valence-corrected chi connectivity index (χ1v) is 10.6. The van der Waals surface area contributed by atoms with Gasteiger partial charge in [-0.15, -0.1) is 0 Å². The molecule has 34 heavy (non-hydrogen) atoms. The second-order valence-electron chi connectivity index (χ2n) is 8.15. The monoisotopic (exact) mass is 467 g/mol. The molecule has 1 fully saturated rings. The second-order valence-corrected chi connectivity index (χ2v) is 8.15. The molecule has 174 valence electrons. The molecule has 1 saturated heterocycles. The van der Waals surface area contributed by atoms with E-state index in [1.54, 1.807) is 16.7 Å². The van der Waals surface area contributed by atoms with Gasteiger partial charge in [-0.05, 0) is 29.8 Å². The van der Waals surface area contributed by atoms with Crippen molar-refractivity contribution in [2.24, 2.45) is 0 Å². The average Bonchev–Trinajstić information content (AvgIpc) is 3.15. The molecular weight excluding hydrogens is 447 g/mol. The summed E-state index contributed by atoms with van der Waals surface area (Å²) in [5.41, 5.74) is 0.731. The maximum absolute atomic E-state index is 13.3. The number of hydrogen-bond acceptors (Lipinski definition) is 5. The molecule has 4 heterocycles. The number of aliphatic hydroxyl groups is 1. The van der Waals surface area contributed by atoms with Crippen LogP contribution in [0.15, 0.2) is 67.0 Å². The van der Waals surface area contributed by atoms with Crippen LogP contribution in [0.3, 0.4) is 0 Å². The highest BCUT2D eigenvalue weighted by Gasteiger charge is 2.33. The van der Waals surface area contributed by atoms with Gasteiger partial charge in [0, 0.05) is 31.2 Å². The smallest absolute Gasteiger partial charge is 0.389 e. The summed E-state index contributed by atoms with van der Waals surface area (Å²) in [6.07, 6.45) is -2.32. The fraction of sp³-hybridized carbons (Fsp3) is 0.208. The Morgan fingerprint density at radius 3 is 2.47 bits per heavy atom. The van der Waals surface area contributed by atoms with Crippen molar-refractivity contribution in [1.29, 1.82) is 0 Å². The van der Waals surface area contributed by atoms with Gasteiger partial charge in [-0.1, -0.05) is 30.3 Å². The number of hydrogen-bond donors (Lipinski definition) is 2. The van der Waals surface area contributed by atoms with E-state index in [0.717, 1.165) is 17.8 Å². The van der Waals surface area contributed by atoms with Crippen molar-refractivity contribution < 1.29 is 23.1 Å². The molecule has 0 aliphatic carbocycles. The molecule has 10 heteroatoms. The Morgan fingerprint density at radius 1 is 1.06 bits per heavy atom. The van der Waals surface area contributed by atoms with Gasteiger partial charge in [-0.25, -0.2) is 4.98 Å². The molecule has 0 saturated carbocycles. The van der Waals surface area contributed by atoms with E-state index < -0.39 is 17.8 Å². The maximum atomic E-state index is 13.3. The molecule has 0 bridgehead atoms.